The van der Waals surface area contributed by atoms with Gasteiger partial charge in [0.25, 0.3) is 5.91 Å². The Morgan fingerprint density at radius 1 is 1.21 bits per heavy atom. The summed E-state index contributed by atoms with van der Waals surface area (Å²) in [4.78, 5) is 28.9. The molecular weight excluding hydrogens is 379 g/mol. The maximum absolute atomic E-state index is 12.2. The van der Waals surface area contributed by atoms with Crippen molar-refractivity contribution in [2.75, 3.05) is 19.8 Å². The van der Waals surface area contributed by atoms with Gasteiger partial charge in [0.1, 0.15) is 0 Å². The molecule has 2 aliphatic carbocycles. The number of nitrogens with one attached hydrogen (secondary N) is 2. The molecule has 0 saturated heterocycles. The van der Waals surface area contributed by atoms with Crippen LogP contribution < -0.4 is 20.5 Å². The number of ether oxygens (including phenoxy) is 2. The zero-order chi connectivity index (χ0) is 20.1. The predicted octanol–water partition coefficient (Wildman–Crippen LogP) is 2.42. The highest BCUT2D eigenvalue weighted by molar-refractivity contribution is 5.77. The van der Waals surface area contributed by atoms with Crippen molar-refractivity contribution in [3.05, 3.63) is 16.6 Å². The van der Waals surface area contributed by atoms with Gasteiger partial charge >= 0.3 is 11.9 Å². The Kier molecular flexibility index (Phi) is 6.46. The van der Waals surface area contributed by atoms with E-state index in [-0.39, 0.29) is 18.4 Å². The minimum atomic E-state index is -4.54. The normalized spacial score (nSPS) is 24.5. The quantitative estimate of drug-likeness (QED) is 0.729. The molecule has 3 rings (SSSR count). The van der Waals surface area contributed by atoms with Gasteiger partial charge in [-0.3, -0.25) is 9.78 Å². The van der Waals surface area contributed by atoms with E-state index in [1.807, 2.05) is 4.98 Å². The number of fused-ring (bicyclic) bond motifs is 2. The summed E-state index contributed by atoms with van der Waals surface area (Å²) in [5.74, 6) is 0.926. The average Bonchev–Trinajstić information content (AvgIpc) is 2.62. The summed E-state index contributed by atoms with van der Waals surface area (Å²) in [7, 11) is 0. The van der Waals surface area contributed by atoms with Crippen LogP contribution in [-0.4, -0.2) is 41.8 Å². The van der Waals surface area contributed by atoms with E-state index in [0.717, 1.165) is 30.7 Å². The molecule has 2 saturated carbocycles. The Morgan fingerprint density at radius 2 is 1.93 bits per heavy atom. The lowest BCUT2D eigenvalue weighted by atomic mass is 9.68. The number of carbonyl (C=O) groups excluding carboxylic acids is 1. The lowest BCUT2D eigenvalue weighted by Crippen LogP contribution is -2.37. The Hall–Kier alpha value is -2.26. The Bertz CT molecular complexity index is 726. The molecule has 2 aliphatic rings. The van der Waals surface area contributed by atoms with Gasteiger partial charge in [0.15, 0.2) is 13.2 Å². The molecule has 156 valence electrons. The van der Waals surface area contributed by atoms with Crippen LogP contribution in [0.15, 0.2) is 10.9 Å². The Morgan fingerprint density at radius 3 is 2.61 bits per heavy atom. The van der Waals surface area contributed by atoms with E-state index in [9.17, 15) is 22.8 Å². The largest absolute Gasteiger partial charge is 0.469 e. The van der Waals surface area contributed by atoms with Crippen molar-refractivity contribution in [2.24, 2.45) is 17.8 Å². The SMILES string of the molecule is O=C(COc1cc(OCC(F)(F)F)[nH]c(=O)n1)NCC1CC2CCCC(C2)C1. The molecular formula is C18H24F3N3O4. The van der Waals surface area contributed by atoms with Crippen LogP contribution in [0.3, 0.4) is 0 Å². The fourth-order valence-electron chi connectivity index (χ4n) is 4.21. The molecule has 0 spiro atoms. The highest BCUT2D eigenvalue weighted by Gasteiger charge is 2.32. The second-order valence-electron chi connectivity index (χ2n) is 7.62. The molecule has 1 aromatic rings. The monoisotopic (exact) mass is 403 g/mol. The maximum Gasteiger partial charge on any atom is 0.422 e. The molecule has 0 aromatic carbocycles. The third-order valence-corrected chi connectivity index (χ3v) is 5.25. The van der Waals surface area contributed by atoms with Crippen molar-refractivity contribution in [2.45, 2.75) is 44.7 Å². The number of nitrogens with zero attached hydrogens (tertiary/aromatic N) is 1. The number of H-pyrrole nitrogens is 1. The number of amides is 1. The lowest BCUT2D eigenvalue weighted by Gasteiger charge is -2.39. The summed E-state index contributed by atoms with van der Waals surface area (Å²) >= 11 is 0. The van der Waals surface area contributed by atoms with Gasteiger partial charge in [-0.15, -0.1) is 0 Å². The number of hydrogen-bond acceptors (Lipinski definition) is 5. The van der Waals surface area contributed by atoms with Gasteiger partial charge < -0.3 is 14.8 Å². The number of aromatic amines is 1. The third-order valence-electron chi connectivity index (χ3n) is 5.25. The second kappa shape index (κ2) is 8.83. The molecule has 1 heterocycles. The van der Waals surface area contributed by atoms with Crippen molar-refractivity contribution in [3.63, 3.8) is 0 Å². The van der Waals surface area contributed by atoms with Crippen LogP contribution in [0.1, 0.15) is 38.5 Å². The van der Waals surface area contributed by atoms with E-state index in [4.69, 9.17) is 4.74 Å². The standard InChI is InChI=1S/C18H24F3N3O4/c19-18(20,21)10-28-16-7-15(23-17(26)24-16)27-9-14(25)22-8-13-5-11-2-1-3-12(4-11)6-13/h7,11-13H,1-6,8-10H2,(H,22,25)(H,23,24,26). The van der Waals surface area contributed by atoms with Crippen LogP contribution in [0.5, 0.6) is 11.8 Å². The minimum absolute atomic E-state index is 0.275. The Balaban J connectivity index is 1.44. The van der Waals surface area contributed by atoms with Crippen LogP contribution >= 0.6 is 0 Å². The fourth-order valence-corrected chi connectivity index (χ4v) is 4.21. The van der Waals surface area contributed by atoms with Crippen molar-refractivity contribution in [3.8, 4) is 11.8 Å². The summed E-state index contributed by atoms with van der Waals surface area (Å²) in [5, 5.41) is 2.83. The van der Waals surface area contributed by atoms with Gasteiger partial charge in [0, 0.05) is 6.54 Å². The second-order valence-corrected chi connectivity index (χ2v) is 7.62. The molecule has 2 N–H and O–H groups in total. The van der Waals surface area contributed by atoms with Crippen LogP contribution in [0, 0.1) is 17.8 Å². The van der Waals surface area contributed by atoms with E-state index in [2.05, 4.69) is 15.0 Å². The number of hydrogen-bond donors (Lipinski definition) is 2. The van der Waals surface area contributed by atoms with Crippen LogP contribution in [0.4, 0.5) is 13.2 Å². The van der Waals surface area contributed by atoms with Gasteiger partial charge in [-0.2, -0.15) is 18.2 Å². The average molecular weight is 403 g/mol. The first kappa shape index (κ1) is 20.5. The van der Waals surface area contributed by atoms with E-state index >= 15 is 0 Å². The minimum Gasteiger partial charge on any atom is -0.469 e. The number of halogens is 3. The summed E-state index contributed by atoms with van der Waals surface area (Å²) in [6, 6.07) is 1.00. The number of alkyl halides is 3. The summed E-state index contributed by atoms with van der Waals surface area (Å²) in [6.45, 7) is -1.36. The maximum atomic E-state index is 12.2. The fraction of sp³-hybridized carbons (Fsp3) is 0.722. The molecule has 10 heteroatoms. The van der Waals surface area contributed by atoms with Crippen LogP contribution in [0.25, 0.3) is 0 Å². The van der Waals surface area contributed by atoms with Crippen molar-refractivity contribution < 1.29 is 27.4 Å². The molecule has 2 bridgehead atoms. The first-order valence-corrected chi connectivity index (χ1v) is 9.47. The van der Waals surface area contributed by atoms with Crippen molar-refractivity contribution >= 4 is 5.91 Å². The Labute approximate surface area is 160 Å². The van der Waals surface area contributed by atoms with Gasteiger partial charge in [0.2, 0.25) is 11.8 Å². The lowest BCUT2D eigenvalue weighted by molar-refractivity contribution is -0.154. The van der Waals surface area contributed by atoms with Crippen molar-refractivity contribution in [1.82, 2.24) is 15.3 Å². The highest BCUT2D eigenvalue weighted by atomic mass is 19.4. The summed E-state index contributed by atoms with van der Waals surface area (Å²) < 4.78 is 46.2. The summed E-state index contributed by atoms with van der Waals surface area (Å²) in [5.41, 5.74) is -0.927. The van der Waals surface area contributed by atoms with Gasteiger partial charge in [-0.05, 0) is 37.0 Å². The first-order chi connectivity index (χ1) is 13.3. The van der Waals surface area contributed by atoms with Crippen molar-refractivity contribution in [1.29, 1.82) is 0 Å². The molecule has 1 amide bonds. The van der Waals surface area contributed by atoms with E-state index < -0.39 is 24.4 Å². The molecule has 1 aromatic heterocycles. The van der Waals surface area contributed by atoms with Gasteiger partial charge in [0.05, 0.1) is 6.07 Å². The molecule has 2 atom stereocenters. The number of rotatable bonds is 7. The molecule has 0 radical (unpaired) electrons. The molecule has 0 aliphatic heterocycles. The smallest absolute Gasteiger partial charge is 0.422 e. The zero-order valence-electron chi connectivity index (χ0n) is 15.4. The van der Waals surface area contributed by atoms with Gasteiger partial charge in [-0.25, -0.2) is 4.79 Å². The third kappa shape index (κ3) is 6.42. The molecule has 7 nitrogen and oxygen atoms in total. The zero-order valence-corrected chi connectivity index (χ0v) is 15.4. The van der Waals surface area contributed by atoms with E-state index in [1.54, 1.807) is 0 Å². The van der Waals surface area contributed by atoms with Gasteiger partial charge in [-0.1, -0.05) is 19.3 Å². The van der Waals surface area contributed by atoms with Crippen LogP contribution in [0.2, 0.25) is 0 Å². The van der Waals surface area contributed by atoms with E-state index in [1.165, 1.54) is 25.7 Å². The summed E-state index contributed by atoms with van der Waals surface area (Å²) in [6.07, 6.45) is 2.88. The first-order valence-electron chi connectivity index (χ1n) is 9.47. The molecule has 28 heavy (non-hydrogen) atoms. The number of carbonyl (C=O) groups is 1. The van der Waals surface area contributed by atoms with Crippen LogP contribution in [-0.2, 0) is 4.79 Å². The highest BCUT2D eigenvalue weighted by Crippen LogP contribution is 2.42. The van der Waals surface area contributed by atoms with E-state index in [0.29, 0.717) is 12.5 Å². The predicted molar refractivity (Wildman–Crippen MR) is 93.1 cm³/mol. The molecule has 2 fully saturated rings. The number of aromatic nitrogens is 2. The topological polar surface area (TPSA) is 93.3 Å². The molecule has 2 unspecified atom stereocenters.